The molecule has 2 rings (SSSR count). The Bertz CT molecular complexity index is 566. The minimum atomic E-state index is 0.118. The zero-order valence-electron chi connectivity index (χ0n) is 13.1. The Kier molecular flexibility index (Phi) is 5.39. The van der Waals surface area contributed by atoms with E-state index in [1.165, 1.54) is 10.4 Å². The summed E-state index contributed by atoms with van der Waals surface area (Å²) in [6, 6.07) is 10.5. The van der Waals surface area contributed by atoms with Crippen LogP contribution in [0, 0.1) is 6.92 Å². The number of thiophene rings is 1. The van der Waals surface area contributed by atoms with Crippen LogP contribution in [0.5, 0.6) is 5.75 Å². The van der Waals surface area contributed by atoms with Gasteiger partial charge in [0, 0.05) is 23.0 Å². The standard InChI is InChI=1S/C17H24N2OS/c1-12-7-8-16(20)14(10-12)13(2)18-11-15(19(3)4)17-6-5-9-21-17/h5-10,13,15,18,20H,11H2,1-4H3. The summed E-state index contributed by atoms with van der Waals surface area (Å²) in [6.45, 7) is 4.99. The number of benzene rings is 1. The molecule has 0 amide bonds. The molecule has 21 heavy (non-hydrogen) atoms. The largest absolute Gasteiger partial charge is 0.508 e. The van der Waals surface area contributed by atoms with Gasteiger partial charge in [0.25, 0.3) is 0 Å². The van der Waals surface area contributed by atoms with Crippen LogP contribution in [0.15, 0.2) is 35.7 Å². The molecule has 0 radical (unpaired) electrons. The first-order chi connectivity index (χ1) is 9.99. The van der Waals surface area contributed by atoms with Gasteiger partial charge in [0.2, 0.25) is 0 Å². The van der Waals surface area contributed by atoms with Gasteiger partial charge in [-0.15, -0.1) is 11.3 Å². The molecule has 4 heteroatoms. The molecule has 0 aliphatic heterocycles. The van der Waals surface area contributed by atoms with Crippen molar-refractivity contribution < 1.29 is 5.11 Å². The lowest BCUT2D eigenvalue weighted by molar-refractivity contribution is 0.285. The number of nitrogens with zero attached hydrogens (tertiary/aromatic N) is 1. The number of phenolic OH excluding ortho intramolecular Hbond substituents is 1. The lowest BCUT2D eigenvalue weighted by atomic mass is 10.0. The van der Waals surface area contributed by atoms with Crippen molar-refractivity contribution in [1.29, 1.82) is 0 Å². The molecule has 0 bridgehead atoms. The van der Waals surface area contributed by atoms with Crippen LogP contribution in [0.1, 0.15) is 35.0 Å². The van der Waals surface area contributed by atoms with Gasteiger partial charge >= 0.3 is 0 Å². The number of aryl methyl sites for hydroxylation is 1. The monoisotopic (exact) mass is 304 g/mol. The van der Waals surface area contributed by atoms with Gasteiger partial charge in [-0.1, -0.05) is 23.8 Å². The SMILES string of the molecule is Cc1ccc(O)c(C(C)NCC(c2cccs2)N(C)C)c1. The van der Waals surface area contributed by atoms with E-state index >= 15 is 0 Å². The Morgan fingerprint density at radius 1 is 1.29 bits per heavy atom. The second-order valence-corrected chi connectivity index (χ2v) is 6.67. The molecule has 0 fully saturated rings. The molecule has 2 unspecified atom stereocenters. The fraction of sp³-hybridized carbons (Fsp3) is 0.412. The van der Waals surface area contributed by atoms with Gasteiger partial charge in [-0.05, 0) is 45.5 Å². The van der Waals surface area contributed by atoms with Crippen LogP contribution in [0.25, 0.3) is 0 Å². The van der Waals surface area contributed by atoms with Crippen LogP contribution in [0.2, 0.25) is 0 Å². The van der Waals surface area contributed by atoms with Crippen molar-refractivity contribution in [3.63, 3.8) is 0 Å². The second-order valence-electron chi connectivity index (χ2n) is 5.69. The molecule has 1 heterocycles. The maximum absolute atomic E-state index is 10.0. The van der Waals surface area contributed by atoms with Crippen molar-refractivity contribution in [3.05, 3.63) is 51.7 Å². The number of phenols is 1. The number of hydrogen-bond acceptors (Lipinski definition) is 4. The highest BCUT2D eigenvalue weighted by Crippen LogP contribution is 2.27. The third kappa shape index (κ3) is 4.06. The average molecular weight is 304 g/mol. The van der Waals surface area contributed by atoms with Crippen LogP contribution in [-0.2, 0) is 0 Å². The van der Waals surface area contributed by atoms with Crippen LogP contribution >= 0.6 is 11.3 Å². The number of nitrogens with one attached hydrogen (secondary N) is 1. The highest BCUT2D eigenvalue weighted by Gasteiger charge is 2.17. The Labute approximate surface area is 131 Å². The van der Waals surface area contributed by atoms with E-state index in [0.29, 0.717) is 11.8 Å². The summed E-state index contributed by atoms with van der Waals surface area (Å²) in [5.41, 5.74) is 2.12. The summed E-state index contributed by atoms with van der Waals surface area (Å²) in [7, 11) is 4.20. The molecule has 114 valence electrons. The van der Waals surface area contributed by atoms with Crippen molar-refractivity contribution in [2.75, 3.05) is 20.6 Å². The van der Waals surface area contributed by atoms with E-state index in [4.69, 9.17) is 0 Å². The average Bonchev–Trinajstić information content (AvgIpc) is 2.95. The number of hydrogen-bond donors (Lipinski definition) is 2. The second kappa shape index (κ2) is 7.07. The molecule has 0 spiro atoms. The molecule has 2 N–H and O–H groups in total. The third-order valence-corrected chi connectivity index (χ3v) is 4.74. The number of likely N-dealkylation sites (N-methyl/N-ethyl adjacent to an activating group) is 1. The summed E-state index contributed by atoms with van der Waals surface area (Å²) in [5.74, 6) is 0.359. The Hall–Kier alpha value is -1.36. The highest BCUT2D eigenvalue weighted by atomic mass is 32.1. The molecule has 1 aromatic heterocycles. The summed E-state index contributed by atoms with van der Waals surface area (Å²) < 4.78 is 0. The predicted molar refractivity (Wildman–Crippen MR) is 90.0 cm³/mol. The Morgan fingerprint density at radius 2 is 2.05 bits per heavy atom. The predicted octanol–water partition coefficient (Wildman–Crippen LogP) is 3.72. The molecule has 0 saturated carbocycles. The van der Waals surface area contributed by atoms with E-state index in [-0.39, 0.29) is 6.04 Å². The van der Waals surface area contributed by atoms with E-state index in [0.717, 1.165) is 12.1 Å². The Balaban J connectivity index is 2.05. The maximum Gasteiger partial charge on any atom is 0.120 e. The van der Waals surface area contributed by atoms with Crippen molar-refractivity contribution in [1.82, 2.24) is 10.2 Å². The smallest absolute Gasteiger partial charge is 0.120 e. The van der Waals surface area contributed by atoms with Crippen LogP contribution in [0.4, 0.5) is 0 Å². The summed E-state index contributed by atoms with van der Waals surface area (Å²) in [4.78, 5) is 3.58. The fourth-order valence-corrected chi connectivity index (χ4v) is 3.36. The van der Waals surface area contributed by atoms with Crippen molar-refractivity contribution in [3.8, 4) is 5.75 Å². The van der Waals surface area contributed by atoms with Crippen LogP contribution in [-0.4, -0.2) is 30.6 Å². The van der Waals surface area contributed by atoms with E-state index in [1.54, 1.807) is 17.4 Å². The lowest BCUT2D eigenvalue weighted by Crippen LogP contribution is -2.32. The summed E-state index contributed by atoms with van der Waals surface area (Å²) in [6.07, 6.45) is 0. The Morgan fingerprint density at radius 3 is 2.67 bits per heavy atom. The molecule has 2 aromatic rings. The van der Waals surface area contributed by atoms with E-state index in [2.05, 4.69) is 48.7 Å². The van der Waals surface area contributed by atoms with Crippen molar-refractivity contribution in [2.24, 2.45) is 0 Å². The van der Waals surface area contributed by atoms with E-state index in [1.807, 2.05) is 19.1 Å². The molecule has 1 aromatic carbocycles. The topological polar surface area (TPSA) is 35.5 Å². The summed E-state index contributed by atoms with van der Waals surface area (Å²) in [5, 5.41) is 15.7. The third-order valence-electron chi connectivity index (χ3n) is 3.76. The van der Waals surface area contributed by atoms with Gasteiger partial charge in [-0.25, -0.2) is 0 Å². The zero-order valence-corrected chi connectivity index (χ0v) is 13.9. The molecule has 3 nitrogen and oxygen atoms in total. The normalized spacial score (nSPS) is 14.3. The quantitative estimate of drug-likeness (QED) is 0.854. The molecule has 2 atom stereocenters. The van der Waals surface area contributed by atoms with Gasteiger partial charge in [0.1, 0.15) is 5.75 Å². The van der Waals surface area contributed by atoms with Gasteiger partial charge in [0.15, 0.2) is 0 Å². The maximum atomic E-state index is 10.0. The first-order valence-electron chi connectivity index (χ1n) is 7.21. The zero-order chi connectivity index (χ0) is 15.4. The van der Waals surface area contributed by atoms with Gasteiger partial charge < -0.3 is 15.3 Å². The number of aromatic hydroxyl groups is 1. The van der Waals surface area contributed by atoms with Gasteiger partial charge in [0.05, 0.1) is 6.04 Å². The van der Waals surface area contributed by atoms with Crippen molar-refractivity contribution in [2.45, 2.75) is 25.9 Å². The number of rotatable bonds is 6. The van der Waals surface area contributed by atoms with E-state index in [9.17, 15) is 5.11 Å². The van der Waals surface area contributed by atoms with Crippen molar-refractivity contribution >= 4 is 11.3 Å². The van der Waals surface area contributed by atoms with Crippen LogP contribution in [0.3, 0.4) is 0 Å². The van der Waals surface area contributed by atoms with Crippen LogP contribution < -0.4 is 5.32 Å². The highest BCUT2D eigenvalue weighted by molar-refractivity contribution is 7.10. The van der Waals surface area contributed by atoms with E-state index < -0.39 is 0 Å². The lowest BCUT2D eigenvalue weighted by Gasteiger charge is -2.26. The van der Waals surface area contributed by atoms with Gasteiger partial charge in [-0.2, -0.15) is 0 Å². The van der Waals surface area contributed by atoms with Gasteiger partial charge in [-0.3, -0.25) is 0 Å². The fourth-order valence-electron chi connectivity index (χ4n) is 2.44. The molecular formula is C17H24N2OS. The minimum absolute atomic E-state index is 0.118. The minimum Gasteiger partial charge on any atom is -0.508 e. The molecule has 0 aliphatic rings. The first-order valence-corrected chi connectivity index (χ1v) is 8.09. The summed E-state index contributed by atoms with van der Waals surface area (Å²) >= 11 is 1.78. The molecule has 0 aliphatic carbocycles. The molecule has 0 saturated heterocycles. The molecular weight excluding hydrogens is 280 g/mol. The first kappa shape index (κ1) is 16.0.